The molecule has 1 aromatic heterocycles. The first kappa shape index (κ1) is 15.3. The number of halogens is 3. The fourth-order valence-corrected chi connectivity index (χ4v) is 2.85. The first-order valence-corrected chi connectivity index (χ1v) is 6.59. The number of amides is 2. The molecule has 1 unspecified atom stereocenters. The van der Waals surface area contributed by atoms with Gasteiger partial charge in [-0.3, -0.25) is 9.59 Å². The summed E-state index contributed by atoms with van der Waals surface area (Å²) in [4.78, 5) is 34.9. The van der Waals surface area contributed by atoms with Crippen LogP contribution in [0.15, 0.2) is 11.4 Å². The average Bonchev–Trinajstić information content (AvgIpc) is 2.96. The van der Waals surface area contributed by atoms with Crippen LogP contribution < -0.4 is 10.2 Å². The highest BCUT2D eigenvalue weighted by Gasteiger charge is 2.43. The van der Waals surface area contributed by atoms with Crippen LogP contribution in [0.4, 0.5) is 18.2 Å². The average molecular weight is 322 g/mol. The molecule has 1 atom stereocenters. The Morgan fingerprint density at radius 2 is 2.10 bits per heavy atom. The Morgan fingerprint density at radius 3 is 2.67 bits per heavy atom. The van der Waals surface area contributed by atoms with Crippen molar-refractivity contribution in [1.82, 2.24) is 5.32 Å². The van der Waals surface area contributed by atoms with E-state index >= 15 is 0 Å². The molecular formula is C11H9F3N2O4S. The van der Waals surface area contributed by atoms with Crippen LogP contribution in [0.5, 0.6) is 0 Å². The number of rotatable bonds is 3. The Bertz CT molecular complexity index is 599. The number of thiophene rings is 1. The number of hydrogen-bond acceptors (Lipinski definition) is 4. The highest BCUT2D eigenvalue weighted by atomic mass is 32.1. The van der Waals surface area contributed by atoms with Crippen molar-refractivity contribution in [2.75, 3.05) is 11.4 Å². The number of nitrogens with one attached hydrogen (secondary N) is 1. The van der Waals surface area contributed by atoms with Crippen molar-refractivity contribution >= 4 is 34.1 Å². The van der Waals surface area contributed by atoms with Crippen LogP contribution in [0.2, 0.25) is 0 Å². The smallest absolute Gasteiger partial charge is 0.471 e. The van der Waals surface area contributed by atoms with E-state index in [0.717, 1.165) is 16.2 Å². The molecule has 0 aromatic carbocycles. The minimum absolute atomic E-state index is 0.0163. The minimum Gasteiger partial charge on any atom is -0.478 e. The summed E-state index contributed by atoms with van der Waals surface area (Å²) in [5.74, 6) is -4.17. The Morgan fingerprint density at radius 1 is 1.43 bits per heavy atom. The van der Waals surface area contributed by atoms with Crippen LogP contribution in [0, 0.1) is 0 Å². The van der Waals surface area contributed by atoms with E-state index in [4.69, 9.17) is 5.11 Å². The number of alkyl halides is 3. The number of hydrogen-bond donors (Lipinski definition) is 2. The normalized spacial score (nSPS) is 18.9. The third-order valence-corrected chi connectivity index (χ3v) is 3.82. The molecule has 2 amide bonds. The second kappa shape index (κ2) is 5.35. The maximum atomic E-state index is 12.2. The van der Waals surface area contributed by atoms with Crippen LogP contribution in [-0.4, -0.2) is 41.7 Å². The first-order valence-electron chi connectivity index (χ1n) is 5.71. The third-order valence-electron chi connectivity index (χ3n) is 2.89. The van der Waals surface area contributed by atoms with Crippen molar-refractivity contribution in [2.45, 2.75) is 18.6 Å². The summed E-state index contributed by atoms with van der Waals surface area (Å²) in [5.41, 5.74) is -0.101. The molecule has 0 aliphatic carbocycles. The summed E-state index contributed by atoms with van der Waals surface area (Å²) in [6.45, 7) is 0.0441. The van der Waals surface area contributed by atoms with Gasteiger partial charge in [0, 0.05) is 6.54 Å². The largest absolute Gasteiger partial charge is 0.478 e. The Labute approximate surface area is 120 Å². The van der Waals surface area contributed by atoms with Crippen molar-refractivity contribution in [1.29, 1.82) is 0 Å². The van der Waals surface area contributed by atoms with E-state index in [1.807, 2.05) is 0 Å². The third kappa shape index (κ3) is 2.99. The maximum absolute atomic E-state index is 12.2. The second-order valence-electron chi connectivity index (χ2n) is 4.25. The number of carbonyl (C=O) groups excluding carboxylic acids is 2. The molecule has 114 valence electrons. The molecule has 2 heterocycles. The highest BCUT2D eigenvalue weighted by Crippen LogP contribution is 2.31. The predicted octanol–water partition coefficient (Wildman–Crippen LogP) is 1.23. The molecule has 1 aromatic rings. The molecule has 1 fully saturated rings. The minimum atomic E-state index is -5.07. The van der Waals surface area contributed by atoms with Crippen molar-refractivity contribution in [2.24, 2.45) is 0 Å². The molecule has 0 saturated carbocycles. The lowest BCUT2D eigenvalue weighted by molar-refractivity contribution is -0.174. The van der Waals surface area contributed by atoms with Gasteiger partial charge in [0.15, 0.2) is 0 Å². The summed E-state index contributed by atoms with van der Waals surface area (Å²) in [7, 11) is 0. The lowest BCUT2D eigenvalue weighted by Crippen LogP contribution is -2.46. The number of carbonyl (C=O) groups is 3. The fourth-order valence-electron chi connectivity index (χ4n) is 1.93. The van der Waals surface area contributed by atoms with E-state index < -0.39 is 30.0 Å². The van der Waals surface area contributed by atoms with Gasteiger partial charge in [-0.2, -0.15) is 13.2 Å². The Balaban J connectivity index is 2.13. The molecule has 2 rings (SSSR count). The van der Waals surface area contributed by atoms with Crippen molar-refractivity contribution in [3.63, 3.8) is 0 Å². The SMILES string of the molecule is O=C(O)c1ccsc1N1CCC(NC(=O)C(F)(F)F)C1=O. The number of carboxylic acid groups (broad SMARTS) is 1. The molecule has 6 nitrogen and oxygen atoms in total. The van der Waals surface area contributed by atoms with Crippen LogP contribution in [-0.2, 0) is 9.59 Å². The molecule has 10 heteroatoms. The van der Waals surface area contributed by atoms with E-state index in [2.05, 4.69) is 0 Å². The quantitative estimate of drug-likeness (QED) is 0.876. The van der Waals surface area contributed by atoms with E-state index in [0.29, 0.717) is 0 Å². The molecule has 1 aliphatic heterocycles. The zero-order valence-corrected chi connectivity index (χ0v) is 11.1. The van der Waals surface area contributed by atoms with Crippen LogP contribution in [0.3, 0.4) is 0 Å². The van der Waals surface area contributed by atoms with Gasteiger partial charge < -0.3 is 15.3 Å². The number of nitrogens with zero attached hydrogens (tertiary/aromatic N) is 1. The van der Waals surface area contributed by atoms with Gasteiger partial charge in [0.05, 0.1) is 5.56 Å². The number of carboxylic acids is 1. The van der Waals surface area contributed by atoms with Gasteiger partial charge in [-0.15, -0.1) is 11.3 Å². The predicted molar refractivity (Wildman–Crippen MR) is 66.2 cm³/mol. The summed E-state index contributed by atoms with van der Waals surface area (Å²) in [5, 5.41) is 12.2. The molecule has 21 heavy (non-hydrogen) atoms. The molecule has 1 aliphatic rings. The summed E-state index contributed by atoms with van der Waals surface area (Å²) in [6, 6.07) is -0.0000853. The standard InChI is InChI=1S/C11H9F3N2O4S/c12-11(13,14)10(20)15-6-1-3-16(7(6)17)8-5(9(18)19)2-4-21-8/h2,4,6H,1,3H2,(H,15,20)(H,18,19). The molecule has 0 bridgehead atoms. The van der Waals surface area contributed by atoms with Gasteiger partial charge in [-0.1, -0.05) is 0 Å². The molecule has 0 spiro atoms. The summed E-state index contributed by atoms with van der Waals surface area (Å²) < 4.78 is 36.5. The van der Waals surface area contributed by atoms with Gasteiger partial charge in [-0.05, 0) is 17.9 Å². The van der Waals surface area contributed by atoms with Crippen LogP contribution in [0.25, 0.3) is 0 Å². The van der Waals surface area contributed by atoms with Crippen LogP contribution >= 0.6 is 11.3 Å². The monoisotopic (exact) mass is 322 g/mol. The van der Waals surface area contributed by atoms with Gasteiger partial charge in [0.2, 0.25) is 5.91 Å². The zero-order valence-electron chi connectivity index (χ0n) is 10.3. The van der Waals surface area contributed by atoms with Gasteiger partial charge in [-0.25, -0.2) is 4.79 Å². The summed E-state index contributed by atoms with van der Waals surface area (Å²) in [6.07, 6.45) is -5.08. The van der Waals surface area contributed by atoms with Crippen molar-refractivity contribution < 1.29 is 32.7 Å². The Hall–Kier alpha value is -2.10. The maximum Gasteiger partial charge on any atom is 0.471 e. The summed E-state index contributed by atoms with van der Waals surface area (Å²) >= 11 is 0.995. The van der Waals surface area contributed by atoms with Gasteiger partial charge >= 0.3 is 18.1 Å². The van der Waals surface area contributed by atoms with Crippen molar-refractivity contribution in [3.8, 4) is 0 Å². The molecule has 1 saturated heterocycles. The van der Waals surface area contributed by atoms with Gasteiger partial charge in [0.25, 0.3) is 0 Å². The first-order chi connectivity index (χ1) is 9.71. The second-order valence-corrected chi connectivity index (χ2v) is 5.14. The number of anilines is 1. The number of aromatic carboxylic acids is 1. The van der Waals surface area contributed by atoms with Crippen LogP contribution in [0.1, 0.15) is 16.8 Å². The van der Waals surface area contributed by atoms with E-state index in [9.17, 15) is 27.6 Å². The Kier molecular flexibility index (Phi) is 3.90. The fraction of sp³-hybridized carbons (Fsp3) is 0.364. The lowest BCUT2D eigenvalue weighted by atomic mass is 10.2. The highest BCUT2D eigenvalue weighted by molar-refractivity contribution is 7.14. The van der Waals surface area contributed by atoms with E-state index in [1.165, 1.54) is 11.4 Å². The topological polar surface area (TPSA) is 86.7 Å². The van der Waals surface area contributed by atoms with Gasteiger partial charge in [0.1, 0.15) is 11.0 Å². The lowest BCUT2D eigenvalue weighted by Gasteiger charge is -2.16. The van der Waals surface area contributed by atoms with E-state index in [1.54, 1.807) is 5.32 Å². The molecule has 2 N–H and O–H groups in total. The van der Waals surface area contributed by atoms with Crippen molar-refractivity contribution in [3.05, 3.63) is 17.0 Å². The zero-order chi connectivity index (χ0) is 15.8. The molecular weight excluding hydrogens is 313 g/mol. The van der Waals surface area contributed by atoms with E-state index in [-0.39, 0.29) is 23.5 Å². The molecule has 0 radical (unpaired) electrons.